The molecule has 4 aromatic rings. The Morgan fingerprint density at radius 3 is 2.11 bits per heavy atom. The number of ether oxygens (including phenoxy) is 1. The summed E-state index contributed by atoms with van der Waals surface area (Å²) in [4.78, 5) is 29.9. The third kappa shape index (κ3) is 9.73. The Morgan fingerprint density at radius 2 is 1.51 bits per heavy atom. The molecule has 0 spiro atoms. The van der Waals surface area contributed by atoms with Crippen molar-refractivity contribution in [2.75, 3.05) is 24.0 Å². The molecular weight excluding hydrogens is 657 g/mol. The van der Waals surface area contributed by atoms with E-state index in [0.717, 1.165) is 9.87 Å². The van der Waals surface area contributed by atoms with Gasteiger partial charge >= 0.3 is 0 Å². The summed E-state index contributed by atoms with van der Waals surface area (Å²) in [5.41, 5.74) is 1.65. The van der Waals surface area contributed by atoms with Crippen molar-refractivity contribution in [3.63, 3.8) is 0 Å². The van der Waals surface area contributed by atoms with Gasteiger partial charge in [0.15, 0.2) is 0 Å². The predicted octanol–water partition coefficient (Wildman–Crippen LogP) is 7.00. The molecule has 2 amide bonds. The van der Waals surface area contributed by atoms with Gasteiger partial charge in [0.1, 0.15) is 18.3 Å². The zero-order valence-electron chi connectivity index (χ0n) is 26.6. The number of sulfonamides is 1. The van der Waals surface area contributed by atoms with E-state index >= 15 is 0 Å². The smallest absolute Gasteiger partial charge is 0.264 e. The Morgan fingerprint density at radius 1 is 0.872 bits per heavy atom. The zero-order chi connectivity index (χ0) is 34.0. The van der Waals surface area contributed by atoms with Crippen molar-refractivity contribution in [3.8, 4) is 5.75 Å². The van der Waals surface area contributed by atoms with Crippen LogP contribution in [-0.2, 0) is 32.6 Å². The van der Waals surface area contributed by atoms with Crippen LogP contribution in [-0.4, -0.2) is 50.9 Å². The standard InChI is InChI=1S/C36H39Cl2N3O5S/c1-4-46-31-19-17-30(18-20-31)41(47(44,45)32-13-9-6-10-14-32)25-35(42)40(24-28-15-16-29(37)22-33(28)38)34(36(43)39-23-26(2)3)21-27-11-7-5-8-12-27/h5-20,22,26,34H,4,21,23-25H2,1-3H3,(H,39,43)/t34-/m1/s1. The molecule has 0 aliphatic carbocycles. The highest BCUT2D eigenvalue weighted by Gasteiger charge is 2.35. The molecule has 0 bridgehead atoms. The van der Waals surface area contributed by atoms with Gasteiger partial charge in [0.05, 0.1) is 17.2 Å². The Balaban J connectivity index is 1.81. The maximum atomic E-state index is 14.6. The monoisotopic (exact) mass is 695 g/mol. The minimum absolute atomic E-state index is 0.0180. The van der Waals surface area contributed by atoms with Gasteiger partial charge in [-0.15, -0.1) is 0 Å². The summed E-state index contributed by atoms with van der Waals surface area (Å²) in [7, 11) is -4.22. The van der Waals surface area contributed by atoms with Gasteiger partial charge in [0, 0.05) is 29.6 Å². The molecule has 11 heteroatoms. The van der Waals surface area contributed by atoms with Crippen LogP contribution in [0.3, 0.4) is 0 Å². The average Bonchev–Trinajstić information content (AvgIpc) is 3.06. The SMILES string of the molecule is CCOc1ccc(N(CC(=O)N(Cc2ccc(Cl)cc2Cl)[C@H](Cc2ccccc2)C(=O)NCC(C)C)S(=O)(=O)c2ccccc2)cc1. The Hall–Kier alpha value is -4.05. The lowest BCUT2D eigenvalue weighted by atomic mass is 10.0. The highest BCUT2D eigenvalue weighted by atomic mass is 35.5. The lowest BCUT2D eigenvalue weighted by molar-refractivity contribution is -0.140. The number of nitrogens with zero attached hydrogens (tertiary/aromatic N) is 2. The number of benzene rings is 4. The Bertz CT molecular complexity index is 1740. The van der Waals surface area contributed by atoms with Crippen molar-refractivity contribution in [2.24, 2.45) is 5.92 Å². The van der Waals surface area contributed by atoms with Gasteiger partial charge in [-0.3, -0.25) is 13.9 Å². The molecule has 47 heavy (non-hydrogen) atoms. The van der Waals surface area contributed by atoms with Crippen LogP contribution >= 0.6 is 23.2 Å². The van der Waals surface area contributed by atoms with E-state index in [9.17, 15) is 18.0 Å². The fourth-order valence-corrected chi connectivity index (χ4v) is 6.84. The third-order valence-electron chi connectivity index (χ3n) is 7.36. The maximum Gasteiger partial charge on any atom is 0.264 e. The topological polar surface area (TPSA) is 96.0 Å². The van der Waals surface area contributed by atoms with E-state index in [1.54, 1.807) is 60.7 Å². The van der Waals surface area contributed by atoms with Gasteiger partial charge in [0.25, 0.3) is 10.0 Å². The second-order valence-electron chi connectivity index (χ2n) is 11.4. The number of amides is 2. The molecule has 0 heterocycles. The van der Waals surface area contributed by atoms with Crippen molar-refractivity contribution >= 4 is 50.7 Å². The highest BCUT2D eigenvalue weighted by Crippen LogP contribution is 2.28. The summed E-state index contributed by atoms with van der Waals surface area (Å²) in [6.07, 6.45) is 0.191. The normalized spacial score (nSPS) is 12.0. The number of carbonyl (C=O) groups excluding carboxylic acids is 2. The van der Waals surface area contributed by atoms with E-state index in [4.69, 9.17) is 27.9 Å². The van der Waals surface area contributed by atoms with Crippen LogP contribution in [0.1, 0.15) is 31.9 Å². The number of halogens is 2. The molecular formula is C36H39Cl2N3O5S. The van der Waals surface area contributed by atoms with Crippen molar-refractivity contribution in [2.45, 2.75) is 44.7 Å². The lowest BCUT2D eigenvalue weighted by Gasteiger charge is -2.34. The number of hydrogen-bond acceptors (Lipinski definition) is 5. The average molecular weight is 697 g/mol. The molecule has 4 aromatic carbocycles. The van der Waals surface area contributed by atoms with Crippen molar-refractivity contribution in [1.29, 1.82) is 0 Å². The molecule has 0 saturated heterocycles. The third-order valence-corrected chi connectivity index (χ3v) is 9.73. The van der Waals surface area contributed by atoms with E-state index in [1.807, 2.05) is 51.1 Å². The van der Waals surface area contributed by atoms with E-state index in [-0.39, 0.29) is 35.4 Å². The first-order valence-electron chi connectivity index (χ1n) is 15.3. The molecule has 248 valence electrons. The van der Waals surface area contributed by atoms with E-state index < -0.39 is 28.5 Å². The number of nitrogens with one attached hydrogen (secondary N) is 1. The minimum atomic E-state index is -4.22. The Labute approximate surface area is 287 Å². The number of carbonyl (C=O) groups is 2. The summed E-state index contributed by atoms with van der Waals surface area (Å²) in [6.45, 7) is 5.99. The van der Waals surface area contributed by atoms with Crippen LogP contribution < -0.4 is 14.4 Å². The molecule has 4 rings (SSSR count). The van der Waals surface area contributed by atoms with Crippen LogP contribution in [0.2, 0.25) is 10.0 Å². The quantitative estimate of drug-likeness (QED) is 0.145. The van der Waals surface area contributed by atoms with Gasteiger partial charge < -0.3 is 15.0 Å². The fourth-order valence-electron chi connectivity index (χ4n) is 4.93. The van der Waals surface area contributed by atoms with Crippen LogP contribution in [0.4, 0.5) is 5.69 Å². The van der Waals surface area contributed by atoms with Crippen molar-refractivity contribution in [3.05, 3.63) is 124 Å². The predicted molar refractivity (Wildman–Crippen MR) is 187 cm³/mol. The molecule has 0 fully saturated rings. The van der Waals surface area contributed by atoms with Crippen LogP contribution in [0, 0.1) is 5.92 Å². The van der Waals surface area contributed by atoms with Crippen LogP contribution in [0.15, 0.2) is 108 Å². The molecule has 1 atom stereocenters. The molecule has 8 nitrogen and oxygen atoms in total. The summed E-state index contributed by atoms with van der Waals surface area (Å²) in [6, 6.07) is 27.7. The molecule has 0 saturated carbocycles. The number of hydrogen-bond donors (Lipinski definition) is 1. The number of rotatable bonds is 15. The van der Waals surface area contributed by atoms with Gasteiger partial charge in [-0.25, -0.2) is 8.42 Å². The van der Waals surface area contributed by atoms with E-state index in [2.05, 4.69) is 5.32 Å². The molecule has 0 unspecified atom stereocenters. The molecule has 0 aliphatic heterocycles. The molecule has 1 N–H and O–H groups in total. The number of anilines is 1. The zero-order valence-corrected chi connectivity index (χ0v) is 28.9. The van der Waals surface area contributed by atoms with Crippen molar-refractivity contribution < 1.29 is 22.7 Å². The fraction of sp³-hybridized carbons (Fsp3) is 0.278. The second kappa shape index (κ2) is 16.7. The lowest BCUT2D eigenvalue weighted by Crippen LogP contribution is -2.53. The summed E-state index contributed by atoms with van der Waals surface area (Å²) < 4.78 is 34.9. The van der Waals surface area contributed by atoms with E-state index in [1.165, 1.54) is 17.0 Å². The first kappa shape index (κ1) is 35.8. The molecule has 0 aliphatic rings. The summed E-state index contributed by atoms with van der Waals surface area (Å²) in [5, 5.41) is 3.71. The van der Waals surface area contributed by atoms with Crippen LogP contribution in [0.5, 0.6) is 5.75 Å². The van der Waals surface area contributed by atoms with Crippen molar-refractivity contribution in [1.82, 2.24) is 10.2 Å². The van der Waals surface area contributed by atoms with Gasteiger partial charge in [-0.05, 0) is 72.5 Å². The summed E-state index contributed by atoms with van der Waals surface area (Å²) in [5.74, 6) is -0.231. The van der Waals surface area contributed by atoms with Gasteiger partial charge in [-0.1, -0.05) is 91.6 Å². The van der Waals surface area contributed by atoms with E-state index in [0.29, 0.717) is 34.5 Å². The highest BCUT2D eigenvalue weighted by molar-refractivity contribution is 7.92. The Kier molecular flexibility index (Phi) is 12.7. The van der Waals surface area contributed by atoms with Gasteiger partial charge in [0.2, 0.25) is 11.8 Å². The second-order valence-corrected chi connectivity index (χ2v) is 14.1. The van der Waals surface area contributed by atoms with Crippen LogP contribution in [0.25, 0.3) is 0 Å². The first-order valence-corrected chi connectivity index (χ1v) is 17.5. The largest absolute Gasteiger partial charge is 0.494 e. The minimum Gasteiger partial charge on any atom is -0.494 e. The first-order chi connectivity index (χ1) is 22.5. The van der Waals surface area contributed by atoms with Gasteiger partial charge in [-0.2, -0.15) is 0 Å². The molecule has 0 aromatic heterocycles. The molecule has 0 radical (unpaired) electrons. The summed E-state index contributed by atoms with van der Waals surface area (Å²) >= 11 is 12.8. The maximum absolute atomic E-state index is 14.6.